The van der Waals surface area contributed by atoms with Crippen LogP contribution in [-0.4, -0.2) is 16.4 Å². The first kappa shape index (κ1) is 13.0. The lowest BCUT2D eigenvalue weighted by molar-refractivity contribution is 0.241. The monoisotopic (exact) mass is 279 g/mol. The van der Waals surface area contributed by atoms with Crippen LogP contribution in [0.25, 0.3) is 0 Å². The van der Waals surface area contributed by atoms with Crippen molar-refractivity contribution in [2.75, 3.05) is 6.54 Å². The van der Waals surface area contributed by atoms with Gasteiger partial charge in [-0.2, -0.15) is 0 Å². The molecule has 21 heavy (non-hydrogen) atoms. The van der Waals surface area contributed by atoms with Crippen LogP contribution in [-0.2, 0) is 32.6 Å². The molecule has 1 N–H and O–H groups in total. The Balaban J connectivity index is 1.59. The normalized spacial score (nSPS) is 17.6. The quantitative estimate of drug-likeness (QED) is 0.915. The van der Waals surface area contributed by atoms with Crippen molar-refractivity contribution in [3.63, 3.8) is 0 Å². The molecule has 3 nitrogen and oxygen atoms in total. The maximum atomic E-state index is 4.94. The minimum Gasteiger partial charge on any atom is -0.307 e. The molecule has 0 fully saturated rings. The van der Waals surface area contributed by atoms with E-state index in [1.54, 1.807) is 0 Å². The molecule has 0 saturated carbocycles. The van der Waals surface area contributed by atoms with E-state index in [0.717, 1.165) is 39.1 Å². The van der Waals surface area contributed by atoms with Crippen LogP contribution in [0, 0.1) is 6.92 Å². The highest BCUT2D eigenvalue weighted by Crippen LogP contribution is 2.28. The van der Waals surface area contributed by atoms with Crippen LogP contribution in [0.3, 0.4) is 0 Å². The zero-order chi connectivity index (χ0) is 14.2. The second-order valence-electron chi connectivity index (χ2n) is 6.14. The van der Waals surface area contributed by atoms with Crippen molar-refractivity contribution in [2.45, 2.75) is 39.5 Å². The van der Waals surface area contributed by atoms with Gasteiger partial charge in [0.15, 0.2) is 0 Å². The van der Waals surface area contributed by atoms with Crippen molar-refractivity contribution < 1.29 is 0 Å². The van der Waals surface area contributed by atoms with Crippen LogP contribution in [0.4, 0.5) is 0 Å². The van der Waals surface area contributed by atoms with Gasteiger partial charge in [-0.25, -0.2) is 0 Å². The highest BCUT2D eigenvalue weighted by Gasteiger charge is 2.24. The first-order valence-corrected chi connectivity index (χ1v) is 7.78. The third-order valence-corrected chi connectivity index (χ3v) is 4.77. The highest BCUT2D eigenvalue weighted by atomic mass is 15.1. The lowest BCUT2D eigenvalue weighted by Crippen LogP contribution is -2.31. The number of hydrogen-bond acceptors (Lipinski definition) is 3. The number of nitrogens with one attached hydrogen (secondary N) is 1. The van der Waals surface area contributed by atoms with E-state index in [1.807, 2.05) is 0 Å². The summed E-state index contributed by atoms with van der Waals surface area (Å²) < 4.78 is 0. The van der Waals surface area contributed by atoms with E-state index in [1.165, 1.54) is 33.6 Å². The molecule has 2 aliphatic rings. The van der Waals surface area contributed by atoms with Crippen LogP contribution in [0.5, 0.6) is 0 Å². The summed E-state index contributed by atoms with van der Waals surface area (Å²) in [5, 5.41) is 3.43. The van der Waals surface area contributed by atoms with Gasteiger partial charge in [0.2, 0.25) is 0 Å². The van der Waals surface area contributed by atoms with Crippen molar-refractivity contribution in [2.24, 2.45) is 0 Å². The van der Waals surface area contributed by atoms with Gasteiger partial charge in [0.1, 0.15) is 0 Å². The highest BCUT2D eigenvalue weighted by molar-refractivity contribution is 5.42. The molecular weight excluding hydrogens is 258 g/mol. The molecule has 0 unspecified atom stereocenters. The van der Waals surface area contributed by atoms with Gasteiger partial charge in [0, 0.05) is 32.7 Å². The predicted molar refractivity (Wildman–Crippen MR) is 83.8 cm³/mol. The summed E-state index contributed by atoms with van der Waals surface area (Å²) in [6, 6.07) is 10.7. The lowest BCUT2D eigenvalue weighted by atomic mass is 9.95. The average Bonchev–Trinajstić information content (AvgIpc) is 2.97. The standard InChI is InChI=1S/C18H21N3/c1-13-15-7-8-21(11-14-5-3-2-4-6-14)12-18(15)20-17-10-19-9-16(13)17/h2-6,19H,7-12H2,1H3. The molecule has 0 amide bonds. The predicted octanol–water partition coefficient (Wildman–Crippen LogP) is 2.55. The number of pyridine rings is 1. The third kappa shape index (κ3) is 2.37. The zero-order valence-electron chi connectivity index (χ0n) is 12.5. The van der Waals surface area contributed by atoms with E-state index in [-0.39, 0.29) is 0 Å². The SMILES string of the molecule is Cc1c2c(nc3c1CNC3)CN(Cc1ccccc1)CC2. The molecule has 4 rings (SSSR count). The third-order valence-electron chi connectivity index (χ3n) is 4.77. The minimum absolute atomic E-state index is 0.933. The van der Waals surface area contributed by atoms with Gasteiger partial charge in [-0.05, 0) is 35.6 Å². The number of hydrogen-bond donors (Lipinski definition) is 1. The molecule has 0 aliphatic carbocycles. The van der Waals surface area contributed by atoms with E-state index >= 15 is 0 Å². The van der Waals surface area contributed by atoms with Gasteiger partial charge in [0.05, 0.1) is 11.4 Å². The van der Waals surface area contributed by atoms with Crippen LogP contribution in [0.2, 0.25) is 0 Å². The van der Waals surface area contributed by atoms with Gasteiger partial charge >= 0.3 is 0 Å². The number of nitrogens with zero attached hydrogens (tertiary/aromatic N) is 2. The largest absolute Gasteiger partial charge is 0.307 e. The Morgan fingerprint density at radius 2 is 1.95 bits per heavy atom. The summed E-state index contributed by atoms with van der Waals surface area (Å²) in [6.07, 6.45) is 1.13. The van der Waals surface area contributed by atoms with Crippen LogP contribution in [0.1, 0.15) is 33.6 Å². The van der Waals surface area contributed by atoms with Gasteiger partial charge in [-0.3, -0.25) is 9.88 Å². The summed E-state index contributed by atoms with van der Waals surface area (Å²) in [5.74, 6) is 0. The smallest absolute Gasteiger partial charge is 0.0593 e. The number of rotatable bonds is 2. The Bertz CT molecular complexity index is 664. The average molecular weight is 279 g/mol. The van der Waals surface area contributed by atoms with Crippen LogP contribution < -0.4 is 5.32 Å². The van der Waals surface area contributed by atoms with Crippen molar-refractivity contribution in [3.05, 3.63) is 64.0 Å². The summed E-state index contributed by atoms with van der Waals surface area (Å²) in [4.78, 5) is 7.46. The van der Waals surface area contributed by atoms with Gasteiger partial charge in [-0.15, -0.1) is 0 Å². The summed E-state index contributed by atoms with van der Waals surface area (Å²) in [6.45, 7) is 7.35. The van der Waals surface area contributed by atoms with E-state index in [9.17, 15) is 0 Å². The molecule has 1 aromatic carbocycles. The van der Waals surface area contributed by atoms with E-state index in [2.05, 4.69) is 47.5 Å². The van der Waals surface area contributed by atoms with Crippen molar-refractivity contribution in [3.8, 4) is 0 Å². The first-order chi connectivity index (χ1) is 10.3. The molecule has 3 heterocycles. The number of fused-ring (bicyclic) bond motifs is 2. The van der Waals surface area contributed by atoms with Gasteiger partial charge in [0.25, 0.3) is 0 Å². The Hall–Kier alpha value is -1.71. The Kier molecular flexibility index (Phi) is 3.24. The molecule has 1 aromatic heterocycles. The maximum Gasteiger partial charge on any atom is 0.0593 e. The fraction of sp³-hybridized carbons (Fsp3) is 0.389. The van der Waals surface area contributed by atoms with Gasteiger partial charge in [-0.1, -0.05) is 30.3 Å². The fourth-order valence-electron chi connectivity index (χ4n) is 3.60. The topological polar surface area (TPSA) is 28.2 Å². The van der Waals surface area contributed by atoms with E-state index < -0.39 is 0 Å². The second kappa shape index (κ2) is 5.24. The summed E-state index contributed by atoms with van der Waals surface area (Å²) in [7, 11) is 0. The lowest BCUT2D eigenvalue weighted by Gasteiger charge is -2.29. The second-order valence-corrected chi connectivity index (χ2v) is 6.14. The Morgan fingerprint density at radius 1 is 1.10 bits per heavy atom. The molecule has 0 radical (unpaired) electrons. The molecule has 2 aliphatic heterocycles. The van der Waals surface area contributed by atoms with Crippen molar-refractivity contribution >= 4 is 0 Å². The summed E-state index contributed by atoms with van der Waals surface area (Å²) >= 11 is 0. The summed E-state index contributed by atoms with van der Waals surface area (Å²) in [5.41, 5.74) is 8.40. The molecule has 0 atom stereocenters. The Labute approximate surface area is 126 Å². The molecule has 3 heteroatoms. The number of benzene rings is 1. The van der Waals surface area contributed by atoms with Crippen molar-refractivity contribution in [1.29, 1.82) is 0 Å². The molecule has 0 spiro atoms. The van der Waals surface area contributed by atoms with Crippen LogP contribution in [0.15, 0.2) is 30.3 Å². The minimum atomic E-state index is 0.933. The van der Waals surface area contributed by atoms with E-state index in [0.29, 0.717) is 0 Å². The molecule has 0 saturated heterocycles. The fourth-order valence-corrected chi connectivity index (χ4v) is 3.60. The Morgan fingerprint density at radius 3 is 2.81 bits per heavy atom. The van der Waals surface area contributed by atoms with Crippen LogP contribution >= 0.6 is 0 Å². The molecule has 0 bridgehead atoms. The first-order valence-electron chi connectivity index (χ1n) is 7.78. The molecule has 2 aromatic rings. The zero-order valence-corrected chi connectivity index (χ0v) is 12.5. The van der Waals surface area contributed by atoms with Crippen molar-refractivity contribution in [1.82, 2.24) is 15.2 Å². The molecule has 108 valence electrons. The molecular formula is C18H21N3. The number of aromatic nitrogens is 1. The van der Waals surface area contributed by atoms with Gasteiger partial charge < -0.3 is 5.32 Å². The van der Waals surface area contributed by atoms with E-state index in [4.69, 9.17) is 4.98 Å². The maximum absolute atomic E-state index is 4.94.